The minimum Gasteiger partial charge on any atom is -0.493 e. The first-order chi connectivity index (χ1) is 17.4. The number of para-hydroxylation sites is 1. The molecular formula is C28H32N2O6. The van der Waals surface area contributed by atoms with Crippen molar-refractivity contribution in [3.63, 3.8) is 0 Å². The lowest BCUT2D eigenvalue weighted by molar-refractivity contribution is -0.159. The van der Waals surface area contributed by atoms with Crippen LogP contribution in [0, 0.1) is 0 Å². The summed E-state index contributed by atoms with van der Waals surface area (Å²) >= 11 is 0. The zero-order valence-electron chi connectivity index (χ0n) is 20.5. The predicted octanol–water partition coefficient (Wildman–Crippen LogP) is 3.77. The molecule has 0 spiro atoms. The Balaban J connectivity index is 0.000000538. The van der Waals surface area contributed by atoms with E-state index in [9.17, 15) is 0 Å². The molecule has 1 saturated heterocycles. The summed E-state index contributed by atoms with van der Waals surface area (Å²) in [4.78, 5) is 23.3. The maximum atomic E-state index is 9.10. The van der Waals surface area contributed by atoms with E-state index in [1.807, 2.05) is 12.1 Å². The highest BCUT2D eigenvalue weighted by atomic mass is 16.5. The Morgan fingerprint density at radius 2 is 1.28 bits per heavy atom. The number of nitrogens with zero attached hydrogens (tertiary/aromatic N) is 2. The van der Waals surface area contributed by atoms with Gasteiger partial charge in [0.25, 0.3) is 0 Å². The summed E-state index contributed by atoms with van der Waals surface area (Å²) in [7, 11) is 3.40. The van der Waals surface area contributed by atoms with Crippen LogP contribution < -0.4 is 9.47 Å². The van der Waals surface area contributed by atoms with Crippen molar-refractivity contribution in [2.45, 2.75) is 12.6 Å². The van der Waals surface area contributed by atoms with Crippen LogP contribution in [0.5, 0.6) is 11.5 Å². The monoisotopic (exact) mass is 492 g/mol. The number of carboxylic acids is 2. The molecule has 0 atom stereocenters. The molecule has 4 rings (SSSR count). The van der Waals surface area contributed by atoms with Gasteiger partial charge in [0.2, 0.25) is 0 Å². The number of hydrogen-bond acceptors (Lipinski definition) is 6. The van der Waals surface area contributed by atoms with Crippen LogP contribution in [0.4, 0.5) is 0 Å². The zero-order valence-corrected chi connectivity index (χ0v) is 20.5. The van der Waals surface area contributed by atoms with E-state index < -0.39 is 11.9 Å². The van der Waals surface area contributed by atoms with Crippen LogP contribution in [0.2, 0.25) is 0 Å². The molecule has 3 aromatic rings. The van der Waals surface area contributed by atoms with Gasteiger partial charge in [-0.25, -0.2) is 9.59 Å². The summed E-state index contributed by atoms with van der Waals surface area (Å²) in [5, 5.41) is 14.8. The Morgan fingerprint density at radius 1 is 0.750 bits per heavy atom. The van der Waals surface area contributed by atoms with E-state index in [1.165, 1.54) is 16.7 Å². The first-order valence-corrected chi connectivity index (χ1v) is 11.7. The summed E-state index contributed by atoms with van der Waals surface area (Å²) in [5.41, 5.74) is 3.88. The van der Waals surface area contributed by atoms with Crippen molar-refractivity contribution >= 4 is 11.9 Å². The van der Waals surface area contributed by atoms with Crippen LogP contribution in [0.15, 0.2) is 78.9 Å². The molecular weight excluding hydrogens is 460 g/mol. The van der Waals surface area contributed by atoms with Crippen molar-refractivity contribution in [1.29, 1.82) is 0 Å². The van der Waals surface area contributed by atoms with Gasteiger partial charge in [-0.2, -0.15) is 0 Å². The number of hydrogen-bond donors (Lipinski definition) is 2. The first-order valence-electron chi connectivity index (χ1n) is 11.7. The molecule has 0 aliphatic carbocycles. The summed E-state index contributed by atoms with van der Waals surface area (Å²) < 4.78 is 11.1. The Hall–Kier alpha value is -3.88. The highest BCUT2D eigenvalue weighted by Gasteiger charge is 2.26. The third kappa shape index (κ3) is 7.07. The van der Waals surface area contributed by atoms with Crippen LogP contribution in [0.3, 0.4) is 0 Å². The molecule has 1 aliphatic heterocycles. The fourth-order valence-corrected chi connectivity index (χ4v) is 4.38. The lowest BCUT2D eigenvalue weighted by Crippen LogP contribution is -2.47. The van der Waals surface area contributed by atoms with Gasteiger partial charge < -0.3 is 19.7 Å². The molecule has 1 heterocycles. The number of ether oxygens (including phenoxy) is 2. The minimum atomic E-state index is -1.82. The normalized spacial score (nSPS) is 14.0. The number of methoxy groups -OCH3 is 2. The second kappa shape index (κ2) is 13.3. The maximum absolute atomic E-state index is 9.10. The lowest BCUT2D eigenvalue weighted by atomic mass is 9.96. The van der Waals surface area contributed by atoms with E-state index in [0.717, 1.165) is 44.2 Å². The van der Waals surface area contributed by atoms with Crippen molar-refractivity contribution in [2.24, 2.45) is 0 Å². The van der Waals surface area contributed by atoms with E-state index in [0.29, 0.717) is 6.04 Å². The number of carbonyl (C=O) groups is 2. The van der Waals surface area contributed by atoms with E-state index in [4.69, 9.17) is 29.3 Å². The molecule has 8 nitrogen and oxygen atoms in total. The molecule has 1 aliphatic rings. The maximum Gasteiger partial charge on any atom is 0.414 e. The highest BCUT2D eigenvalue weighted by molar-refractivity contribution is 6.27. The summed E-state index contributed by atoms with van der Waals surface area (Å²) in [6.07, 6.45) is 0. The zero-order chi connectivity index (χ0) is 25.9. The van der Waals surface area contributed by atoms with Gasteiger partial charge in [-0.15, -0.1) is 0 Å². The van der Waals surface area contributed by atoms with Crippen LogP contribution in [0.25, 0.3) is 0 Å². The molecule has 0 unspecified atom stereocenters. The molecule has 0 saturated carbocycles. The standard InChI is InChI=1S/C26H30N2O2.C2H2O4/c1-29-24-15-9-14-23(26(24)30-2)20-27-16-18-28(19-17-27)25(21-10-5-3-6-11-21)22-12-7-4-8-13-22;3-1(4)2(5)6/h3-15,25H,16-20H2,1-2H3;(H,3,4)(H,5,6). The smallest absolute Gasteiger partial charge is 0.414 e. The third-order valence-electron chi connectivity index (χ3n) is 6.06. The highest BCUT2D eigenvalue weighted by Crippen LogP contribution is 2.33. The Labute approximate surface area is 211 Å². The average Bonchev–Trinajstić information content (AvgIpc) is 2.91. The third-order valence-corrected chi connectivity index (χ3v) is 6.06. The molecule has 190 valence electrons. The molecule has 3 aromatic carbocycles. The van der Waals surface area contributed by atoms with E-state index in [1.54, 1.807) is 14.2 Å². The summed E-state index contributed by atoms with van der Waals surface area (Å²) in [5.74, 6) is -2.01. The summed E-state index contributed by atoms with van der Waals surface area (Å²) in [6, 6.07) is 28.1. The van der Waals surface area contributed by atoms with Crippen molar-refractivity contribution < 1.29 is 29.3 Å². The van der Waals surface area contributed by atoms with E-state index in [-0.39, 0.29) is 0 Å². The first kappa shape index (κ1) is 26.7. The minimum absolute atomic E-state index is 0.293. The molecule has 0 radical (unpaired) electrons. The van der Waals surface area contributed by atoms with Crippen LogP contribution >= 0.6 is 0 Å². The number of piperazine rings is 1. The van der Waals surface area contributed by atoms with Crippen LogP contribution in [0.1, 0.15) is 22.7 Å². The van der Waals surface area contributed by atoms with Crippen LogP contribution in [-0.2, 0) is 16.1 Å². The molecule has 0 aromatic heterocycles. The fourth-order valence-electron chi connectivity index (χ4n) is 4.38. The van der Waals surface area contributed by atoms with Gasteiger partial charge in [0, 0.05) is 38.3 Å². The second-order valence-corrected chi connectivity index (χ2v) is 8.30. The average molecular weight is 493 g/mol. The molecule has 0 amide bonds. The molecule has 1 fully saturated rings. The number of carboxylic acid groups (broad SMARTS) is 2. The number of aliphatic carboxylic acids is 2. The Kier molecular flexibility index (Phi) is 9.85. The van der Waals surface area contributed by atoms with E-state index >= 15 is 0 Å². The van der Waals surface area contributed by atoms with Crippen molar-refractivity contribution in [3.8, 4) is 11.5 Å². The molecule has 0 bridgehead atoms. The Bertz CT molecular complexity index is 1060. The molecule has 8 heteroatoms. The Morgan fingerprint density at radius 3 is 1.72 bits per heavy atom. The molecule has 2 N–H and O–H groups in total. The largest absolute Gasteiger partial charge is 0.493 e. The van der Waals surface area contributed by atoms with Gasteiger partial charge in [-0.1, -0.05) is 72.8 Å². The van der Waals surface area contributed by atoms with Crippen LogP contribution in [-0.4, -0.2) is 72.4 Å². The van der Waals surface area contributed by atoms with Gasteiger partial charge in [0.15, 0.2) is 11.5 Å². The molecule has 36 heavy (non-hydrogen) atoms. The topological polar surface area (TPSA) is 99.5 Å². The number of benzene rings is 3. The quantitative estimate of drug-likeness (QED) is 0.481. The van der Waals surface area contributed by atoms with Gasteiger partial charge in [-0.05, 0) is 17.2 Å². The van der Waals surface area contributed by atoms with Gasteiger partial charge in [0.05, 0.1) is 20.3 Å². The van der Waals surface area contributed by atoms with Gasteiger partial charge in [0.1, 0.15) is 0 Å². The second-order valence-electron chi connectivity index (χ2n) is 8.30. The van der Waals surface area contributed by atoms with E-state index in [2.05, 4.69) is 76.5 Å². The predicted molar refractivity (Wildman–Crippen MR) is 136 cm³/mol. The van der Waals surface area contributed by atoms with Gasteiger partial charge in [-0.3, -0.25) is 9.80 Å². The van der Waals surface area contributed by atoms with Crippen molar-refractivity contribution in [3.05, 3.63) is 95.6 Å². The van der Waals surface area contributed by atoms with Gasteiger partial charge >= 0.3 is 11.9 Å². The summed E-state index contributed by atoms with van der Waals surface area (Å²) in [6.45, 7) is 4.98. The van der Waals surface area contributed by atoms with Crippen molar-refractivity contribution in [1.82, 2.24) is 9.80 Å². The SMILES string of the molecule is COc1cccc(CN2CCN(C(c3ccccc3)c3ccccc3)CC2)c1OC.O=C(O)C(=O)O. The fraction of sp³-hybridized carbons (Fsp3) is 0.286. The van der Waals surface area contributed by atoms with Crippen molar-refractivity contribution in [2.75, 3.05) is 40.4 Å². The number of rotatable bonds is 7. The lowest BCUT2D eigenvalue weighted by Gasteiger charge is -2.40.